The fourth-order valence-electron chi connectivity index (χ4n) is 2.71. The third kappa shape index (κ3) is 5.25. The van der Waals surface area contributed by atoms with E-state index >= 15 is 0 Å². The minimum atomic E-state index is -0.483. The highest BCUT2D eigenvalue weighted by molar-refractivity contribution is 6.42. The maximum atomic E-state index is 12.5. The van der Waals surface area contributed by atoms with Crippen LogP contribution in [0.25, 0.3) is 0 Å². The van der Waals surface area contributed by atoms with Crippen molar-refractivity contribution in [2.75, 3.05) is 26.9 Å². The lowest BCUT2D eigenvalue weighted by Crippen LogP contribution is -2.26. The van der Waals surface area contributed by atoms with Gasteiger partial charge in [-0.15, -0.1) is 0 Å². The fourth-order valence-corrected chi connectivity index (χ4v) is 3.13. The van der Waals surface area contributed by atoms with Gasteiger partial charge in [0, 0.05) is 19.3 Å². The number of benzene rings is 1. The van der Waals surface area contributed by atoms with Crippen LogP contribution in [0.5, 0.6) is 0 Å². The van der Waals surface area contributed by atoms with Gasteiger partial charge >= 0.3 is 5.97 Å². The number of nitrogens with one attached hydrogen (secondary N) is 2. The topological polar surface area (TPSA) is 80.4 Å². The Morgan fingerprint density at radius 2 is 1.93 bits per heavy atom. The van der Waals surface area contributed by atoms with E-state index in [0.29, 0.717) is 52.1 Å². The van der Waals surface area contributed by atoms with Gasteiger partial charge in [-0.05, 0) is 37.5 Å². The van der Waals surface area contributed by atoms with Gasteiger partial charge in [0.25, 0.3) is 5.91 Å². The zero-order valence-electron chi connectivity index (χ0n) is 15.4. The Morgan fingerprint density at radius 1 is 1.19 bits per heavy atom. The number of rotatable bonds is 8. The lowest BCUT2D eigenvalue weighted by atomic mass is 10.1. The first kappa shape index (κ1) is 21.3. The van der Waals surface area contributed by atoms with Crippen molar-refractivity contribution in [3.05, 3.63) is 56.3 Å². The molecule has 0 saturated heterocycles. The molecule has 0 spiro atoms. The molecule has 1 amide bonds. The number of carbonyl (C=O) groups is 2. The first-order valence-corrected chi connectivity index (χ1v) is 9.18. The molecule has 146 valence electrons. The fraction of sp³-hybridized carbons (Fsp3) is 0.368. The third-order valence-electron chi connectivity index (χ3n) is 4.10. The Kier molecular flexibility index (Phi) is 7.71. The smallest absolute Gasteiger partial charge is 0.340 e. The molecule has 0 unspecified atom stereocenters. The van der Waals surface area contributed by atoms with Gasteiger partial charge in [0.1, 0.15) is 12.3 Å². The van der Waals surface area contributed by atoms with Gasteiger partial charge in [-0.1, -0.05) is 35.3 Å². The molecule has 6 nitrogen and oxygen atoms in total. The summed E-state index contributed by atoms with van der Waals surface area (Å²) < 4.78 is 10.0. The number of amides is 1. The van der Waals surface area contributed by atoms with Crippen LogP contribution in [0.1, 0.15) is 37.7 Å². The van der Waals surface area contributed by atoms with Gasteiger partial charge < -0.3 is 19.8 Å². The van der Waals surface area contributed by atoms with Crippen molar-refractivity contribution >= 4 is 35.1 Å². The van der Waals surface area contributed by atoms with E-state index < -0.39 is 5.97 Å². The number of hydrogen-bond donors (Lipinski definition) is 2. The first-order chi connectivity index (χ1) is 12.9. The van der Waals surface area contributed by atoms with Gasteiger partial charge in [-0.3, -0.25) is 4.79 Å². The van der Waals surface area contributed by atoms with E-state index in [9.17, 15) is 9.59 Å². The maximum Gasteiger partial charge on any atom is 0.340 e. The zero-order chi connectivity index (χ0) is 20.0. The molecule has 0 radical (unpaired) electrons. The van der Waals surface area contributed by atoms with E-state index in [-0.39, 0.29) is 12.5 Å². The van der Waals surface area contributed by atoms with Crippen LogP contribution in [0, 0.1) is 13.8 Å². The van der Waals surface area contributed by atoms with E-state index in [1.165, 1.54) is 7.11 Å². The van der Waals surface area contributed by atoms with Crippen molar-refractivity contribution in [3.8, 4) is 0 Å². The lowest BCUT2D eigenvalue weighted by Gasteiger charge is -2.08. The summed E-state index contributed by atoms with van der Waals surface area (Å²) in [5, 5.41) is 3.79. The Balaban J connectivity index is 2.01. The molecule has 0 aliphatic carbocycles. The normalized spacial score (nSPS) is 10.7. The van der Waals surface area contributed by atoms with Crippen LogP contribution >= 0.6 is 23.2 Å². The predicted octanol–water partition coefficient (Wildman–Crippen LogP) is 3.71. The minimum absolute atomic E-state index is 0.154. The number of aromatic nitrogens is 1. The molecule has 0 aliphatic rings. The molecule has 1 aromatic carbocycles. The standard InChI is InChI=1S/C19H22Cl2N2O4/c1-11-15(19(25)27-10-9-26-3)12(2)23-17(11)18(24)22-8-7-13-5-4-6-14(20)16(13)21/h4-6,23H,7-10H2,1-3H3,(H,22,24). The van der Waals surface area contributed by atoms with E-state index in [0.717, 1.165) is 5.56 Å². The highest BCUT2D eigenvalue weighted by Gasteiger charge is 2.22. The molecule has 2 aromatic rings. The predicted molar refractivity (Wildman–Crippen MR) is 105 cm³/mol. The molecular formula is C19H22Cl2N2O4. The van der Waals surface area contributed by atoms with Crippen LogP contribution in [-0.4, -0.2) is 43.7 Å². The summed E-state index contributed by atoms with van der Waals surface area (Å²) in [4.78, 5) is 27.7. The van der Waals surface area contributed by atoms with Gasteiger partial charge in [-0.2, -0.15) is 0 Å². The number of aryl methyl sites for hydroxylation is 1. The van der Waals surface area contributed by atoms with Gasteiger partial charge in [0.2, 0.25) is 0 Å². The summed E-state index contributed by atoms with van der Waals surface area (Å²) in [6, 6.07) is 5.38. The van der Waals surface area contributed by atoms with Gasteiger partial charge in [0.05, 0.1) is 22.2 Å². The summed E-state index contributed by atoms with van der Waals surface area (Å²) in [5.74, 6) is -0.784. The van der Waals surface area contributed by atoms with Gasteiger partial charge in [0.15, 0.2) is 0 Å². The number of aromatic amines is 1. The average molecular weight is 413 g/mol. The monoisotopic (exact) mass is 412 g/mol. The highest BCUT2D eigenvalue weighted by atomic mass is 35.5. The van der Waals surface area contributed by atoms with Crippen LogP contribution in [0.15, 0.2) is 18.2 Å². The number of H-pyrrole nitrogens is 1. The van der Waals surface area contributed by atoms with E-state index in [1.54, 1.807) is 19.9 Å². The Morgan fingerprint density at radius 3 is 2.63 bits per heavy atom. The molecule has 8 heteroatoms. The maximum absolute atomic E-state index is 12.5. The number of methoxy groups -OCH3 is 1. The lowest BCUT2D eigenvalue weighted by molar-refractivity contribution is 0.0387. The second-order valence-electron chi connectivity index (χ2n) is 5.97. The number of halogens is 2. The number of ether oxygens (including phenoxy) is 2. The van der Waals surface area contributed by atoms with Crippen molar-refractivity contribution in [2.45, 2.75) is 20.3 Å². The van der Waals surface area contributed by atoms with E-state index in [4.69, 9.17) is 32.7 Å². The highest BCUT2D eigenvalue weighted by Crippen LogP contribution is 2.25. The molecule has 27 heavy (non-hydrogen) atoms. The van der Waals surface area contributed by atoms with Crippen LogP contribution < -0.4 is 5.32 Å². The average Bonchev–Trinajstić information content (AvgIpc) is 2.93. The quantitative estimate of drug-likeness (QED) is 0.511. The molecule has 2 rings (SSSR count). The minimum Gasteiger partial charge on any atom is -0.460 e. The summed E-state index contributed by atoms with van der Waals surface area (Å²) in [5.41, 5.74) is 2.69. The zero-order valence-corrected chi connectivity index (χ0v) is 17.0. The number of carbonyl (C=O) groups excluding carboxylic acids is 2. The molecular weight excluding hydrogens is 391 g/mol. The molecule has 0 bridgehead atoms. The van der Waals surface area contributed by atoms with E-state index in [2.05, 4.69) is 10.3 Å². The molecule has 1 heterocycles. The largest absolute Gasteiger partial charge is 0.460 e. The summed E-state index contributed by atoms with van der Waals surface area (Å²) in [6.07, 6.45) is 0.537. The number of hydrogen-bond acceptors (Lipinski definition) is 4. The van der Waals surface area contributed by atoms with Crippen molar-refractivity contribution in [1.29, 1.82) is 0 Å². The van der Waals surface area contributed by atoms with Crippen molar-refractivity contribution in [1.82, 2.24) is 10.3 Å². The molecule has 0 atom stereocenters. The van der Waals surface area contributed by atoms with Crippen molar-refractivity contribution < 1.29 is 19.1 Å². The van der Waals surface area contributed by atoms with Gasteiger partial charge in [-0.25, -0.2) is 4.79 Å². The second-order valence-corrected chi connectivity index (χ2v) is 6.76. The first-order valence-electron chi connectivity index (χ1n) is 8.43. The van der Waals surface area contributed by atoms with Crippen LogP contribution in [0.4, 0.5) is 0 Å². The third-order valence-corrected chi connectivity index (χ3v) is 4.96. The van der Waals surface area contributed by atoms with E-state index in [1.807, 2.05) is 12.1 Å². The Labute approximate surface area is 168 Å². The second kappa shape index (κ2) is 9.78. The molecule has 1 aromatic heterocycles. The molecule has 0 fully saturated rings. The molecule has 0 aliphatic heterocycles. The Bertz CT molecular complexity index is 833. The molecule has 2 N–H and O–H groups in total. The van der Waals surface area contributed by atoms with Crippen molar-refractivity contribution in [2.24, 2.45) is 0 Å². The Hall–Kier alpha value is -2.02. The van der Waals surface area contributed by atoms with Crippen LogP contribution in [0.2, 0.25) is 10.0 Å². The van der Waals surface area contributed by atoms with Crippen LogP contribution in [-0.2, 0) is 15.9 Å². The van der Waals surface area contributed by atoms with Crippen molar-refractivity contribution in [3.63, 3.8) is 0 Å². The summed E-state index contributed by atoms with van der Waals surface area (Å²) >= 11 is 12.1. The number of esters is 1. The van der Waals surface area contributed by atoms with Crippen LogP contribution in [0.3, 0.4) is 0 Å². The summed E-state index contributed by atoms with van der Waals surface area (Å²) in [6.45, 7) is 4.28. The molecule has 0 saturated carbocycles. The summed E-state index contributed by atoms with van der Waals surface area (Å²) in [7, 11) is 1.53. The SMILES string of the molecule is COCCOC(=O)c1c(C)[nH]c(C(=O)NCCc2cccc(Cl)c2Cl)c1C.